The minimum atomic E-state index is -0.307. The van der Waals surface area contributed by atoms with Crippen LogP contribution in [0.5, 0.6) is 0 Å². The van der Waals surface area contributed by atoms with Crippen molar-refractivity contribution < 1.29 is 4.79 Å². The van der Waals surface area contributed by atoms with Crippen molar-refractivity contribution in [1.29, 1.82) is 0 Å². The van der Waals surface area contributed by atoms with Crippen LogP contribution < -0.4 is 10.6 Å². The number of hydrogen-bond donors (Lipinski definition) is 2. The molecular weight excluding hydrogens is 252 g/mol. The van der Waals surface area contributed by atoms with Crippen LogP contribution in [0.3, 0.4) is 0 Å². The predicted octanol–water partition coefficient (Wildman–Crippen LogP) is 1.90. The highest BCUT2D eigenvalue weighted by Crippen LogP contribution is 2.05. The summed E-state index contributed by atoms with van der Waals surface area (Å²) in [7, 11) is 0. The maximum absolute atomic E-state index is 12.0. The number of benzene rings is 1. The number of carbonyl (C=O) groups excluding carboxylic acids is 1. The highest BCUT2D eigenvalue weighted by molar-refractivity contribution is 5.94. The number of nitrogens with one attached hydrogen (secondary N) is 2. The quantitative estimate of drug-likeness (QED) is 0.871. The van der Waals surface area contributed by atoms with Crippen LogP contribution in [0.25, 0.3) is 0 Å². The average molecular weight is 270 g/mol. The van der Waals surface area contributed by atoms with Crippen molar-refractivity contribution in [1.82, 2.24) is 15.3 Å². The molecule has 5 nitrogen and oxygen atoms in total. The van der Waals surface area contributed by atoms with E-state index >= 15 is 0 Å². The largest absolute Gasteiger partial charge is 0.325 e. The Morgan fingerprint density at radius 3 is 2.60 bits per heavy atom. The number of hydrogen-bond acceptors (Lipinski definition) is 4. The average Bonchev–Trinajstić information content (AvgIpc) is 2.47. The van der Waals surface area contributed by atoms with Crippen LogP contribution in [-0.4, -0.2) is 21.9 Å². The fourth-order valence-corrected chi connectivity index (χ4v) is 1.63. The molecule has 1 aromatic carbocycles. The van der Waals surface area contributed by atoms with Gasteiger partial charge in [-0.1, -0.05) is 18.2 Å². The maximum atomic E-state index is 12.0. The molecule has 1 unspecified atom stereocenters. The zero-order valence-electron chi connectivity index (χ0n) is 11.6. The van der Waals surface area contributed by atoms with E-state index in [0.717, 1.165) is 17.1 Å². The Kier molecular flexibility index (Phi) is 4.79. The van der Waals surface area contributed by atoms with Gasteiger partial charge in [0.05, 0.1) is 17.4 Å². The third kappa shape index (κ3) is 4.13. The summed E-state index contributed by atoms with van der Waals surface area (Å²) in [5.41, 5.74) is 2.49. The molecule has 5 heteroatoms. The molecule has 2 rings (SSSR count). The monoisotopic (exact) mass is 270 g/mol. The molecule has 2 aromatic rings. The van der Waals surface area contributed by atoms with Crippen LogP contribution in [0.2, 0.25) is 0 Å². The third-order valence-corrected chi connectivity index (χ3v) is 2.86. The van der Waals surface area contributed by atoms with Gasteiger partial charge in [-0.15, -0.1) is 0 Å². The zero-order chi connectivity index (χ0) is 14.4. The van der Waals surface area contributed by atoms with E-state index in [1.54, 1.807) is 12.4 Å². The van der Waals surface area contributed by atoms with Gasteiger partial charge < -0.3 is 10.6 Å². The van der Waals surface area contributed by atoms with Gasteiger partial charge in [0.1, 0.15) is 0 Å². The Morgan fingerprint density at radius 2 is 1.95 bits per heavy atom. The molecule has 0 radical (unpaired) electrons. The number of aromatic nitrogens is 2. The highest BCUT2D eigenvalue weighted by Gasteiger charge is 2.12. The Balaban J connectivity index is 1.83. The lowest BCUT2D eigenvalue weighted by atomic mass is 10.2. The topological polar surface area (TPSA) is 66.9 Å². The first-order valence-electron chi connectivity index (χ1n) is 6.52. The van der Waals surface area contributed by atoms with Crippen molar-refractivity contribution >= 4 is 11.6 Å². The summed E-state index contributed by atoms with van der Waals surface area (Å²) in [6.07, 6.45) is 3.43. The van der Waals surface area contributed by atoms with Crippen molar-refractivity contribution in [3.8, 4) is 0 Å². The van der Waals surface area contributed by atoms with Crippen molar-refractivity contribution in [2.45, 2.75) is 26.4 Å². The molecule has 0 aliphatic carbocycles. The van der Waals surface area contributed by atoms with Crippen molar-refractivity contribution in [3.05, 3.63) is 54.1 Å². The molecule has 0 saturated carbocycles. The molecule has 0 saturated heterocycles. The summed E-state index contributed by atoms with van der Waals surface area (Å²) in [5.74, 6) is -0.0729. The second kappa shape index (κ2) is 6.77. The molecule has 1 atom stereocenters. The van der Waals surface area contributed by atoms with E-state index in [0.29, 0.717) is 6.54 Å². The summed E-state index contributed by atoms with van der Waals surface area (Å²) < 4.78 is 0. The van der Waals surface area contributed by atoms with E-state index < -0.39 is 0 Å². The molecule has 0 bridgehead atoms. The number of nitrogens with zero attached hydrogens (tertiary/aromatic N) is 2. The Hall–Kier alpha value is -2.27. The predicted molar refractivity (Wildman–Crippen MR) is 78.1 cm³/mol. The first-order chi connectivity index (χ1) is 9.65. The minimum Gasteiger partial charge on any atom is -0.325 e. The van der Waals surface area contributed by atoms with E-state index in [-0.39, 0.29) is 11.9 Å². The zero-order valence-corrected chi connectivity index (χ0v) is 11.6. The van der Waals surface area contributed by atoms with Crippen LogP contribution in [0.15, 0.2) is 42.7 Å². The van der Waals surface area contributed by atoms with E-state index in [1.807, 2.05) is 44.2 Å². The smallest absolute Gasteiger partial charge is 0.241 e. The van der Waals surface area contributed by atoms with E-state index in [1.165, 1.54) is 0 Å². The van der Waals surface area contributed by atoms with Crippen molar-refractivity contribution in [2.75, 3.05) is 5.32 Å². The lowest BCUT2D eigenvalue weighted by Gasteiger charge is -2.13. The van der Waals surface area contributed by atoms with Gasteiger partial charge in [-0.05, 0) is 26.0 Å². The number of para-hydroxylation sites is 1. The highest BCUT2D eigenvalue weighted by atomic mass is 16.2. The summed E-state index contributed by atoms with van der Waals surface area (Å²) >= 11 is 0. The summed E-state index contributed by atoms with van der Waals surface area (Å²) in [4.78, 5) is 20.4. The summed E-state index contributed by atoms with van der Waals surface area (Å²) in [5, 5.41) is 5.97. The van der Waals surface area contributed by atoms with E-state index in [4.69, 9.17) is 0 Å². The second-order valence-corrected chi connectivity index (χ2v) is 4.61. The Labute approximate surface area is 118 Å². The van der Waals surface area contributed by atoms with Crippen LogP contribution in [0, 0.1) is 6.92 Å². The molecular formula is C15H18N4O. The molecule has 0 spiro atoms. The maximum Gasteiger partial charge on any atom is 0.241 e. The van der Waals surface area contributed by atoms with Gasteiger partial charge in [0, 0.05) is 24.6 Å². The number of rotatable bonds is 5. The number of aryl methyl sites for hydroxylation is 1. The second-order valence-electron chi connectivity index (χ2n) is 4.61. The molecule has 0 aliphatic rings. The lowest BCUT2D eigenvalue weighted by molar-refractivity contribution is -0.117. The molecule has 1 aromatic heterocycles. The van der Waals surface area contributed by atoms with E-state index in [9.17, 15) is 4.79 Å². The number of carbonyl (C=O) groups is 1. The van der Waals surface area contributed by atoms with Gasteiger partial charge in [-0.25, -0.2) is 0 Å². The summed E-state index contributed by atoms with van der Waals surface area (Å²) in [6, 6.07) is 9.09. The van der Waals surface area contributed by atoms with Crippen molar-refractivity contribution in [3.63, 3.8) is 0 Å². The third-order valence-electron chi connectivity index (χ3n) is 2.86. The standard InChI is InChI=1S/C15H18N4O/c1-11-8-18-14(9-16-11)10-17-12(2)15(20)19-13-6-4-3-5-7-13/h3-9,12,17H,10H2,1-2H3,(H,19,20). The fraction of sp³-hybridized carbons (Fsp3) is 0.267. The Bertz CT molecular complexity index is 554. The molecule has 1 heterocycles. The first kappa shape index (κ1) is 14.1. The van der Waals surface area contributed by atoms with Gasteiger partial charge >= 0.3 is 0 Å². The van der Waals surface area contributed by atoms with Crippen LogP contribution >= 0.6 is 0 Å². The van der Waals surface area contributed by atoms with E-state index in [2.05, 4.69) is 20.6 Å². The summed E-state index contributed by atoms with van der Waals surface area (Å²) in [6.45, 7) is 4.22. The number of anilines is 1. The van der Waals surface area contributed by atoms with Gasteiger partial charge in [-0.3, -0.25) is 14.8 Å². The normalized spacial score (nSPS) is 11.9. The number of amides is 1. The molecule has 20 heavy (non-hydrogen) atoms. The van der Waals surface area contributed by atoms with Crippen molar-refractivity contribution in [2.24, 2.45) is 0 Å². The van der Waals surface area contributed by atoms with Gasteiger partial charge in [0.25, 0.3) is 0 Å². The molecule has 0 aliphatic heterocycles. The van der Waals surface area contributed by atoms with Crippen LogP contribution in [-0.2, 0) is 11.3 Å². The molecule has 0 fully saturated rings. The molecule has 104 valence electrons. The van der Waals surface area contributed by atoms with Gasteiger partial charge in [0.15, 0.2) is 0 Å². The van der Waals surface area contributed by atoms with Gasteiger partial charge in [-0.2, -0.15) is 0 Å². The fourth-order valence-electron chi connectivity index (χ4n) is 1.63. The molecule has 2 N–H and O–H groups in total. The SMILES string of the molecule is Cc1cnc(CNC(C)C(=O)Nc2ccccc2)cn1. The molecule has 1 amide bonds. The first-order valence-corrected chi connectivity index (χ1v) is 6.52. The van der Waals surface area contributed by atoms with Crippen LogP contribution in [0.1, 0.15) is 18.3 Å². The van der Waals surface area contributed by atoms with Gasteiger partial charge in [0.2, 0.25) is 5.91 Å². The minimum absolute atomic E-state index is 0.0729. The lowest BCUT2D eigenvalue weighted by Crippen LogP contribution is -2.37. The Morgan fingerprint density at radius 1 is 1.20 bits per heavy atom. The van der Waals surface area contributed by atoms with Crippen LogP contribution in [0.4, 0.5) is 5.69 Å².